The summed E-state index contributed by atoms with van der Waals surface area (Å²) in [5, 5.41) is 2.95. The molecular weight excluding hydrogens is 337 g/mol. The quantitative estimate of drug-likeness (QED) is 0.827. The van der Waals surface area contributed by atoms with Crippen LogP contribution in [0.1, 0.15) is 30.1 Å². The minimum Gasteiger partial charge on any atom is -0.378 e. The van der Waals surface area contributed by atoms with Crippen LogP contribution in [0.5, 0.6) is 0 Å². The Morgan fingerprint density at radius 3 is 2.62 bits per heavy atom. The minimum absolute atomic E-state index is 0.0316. The molecule has 0 unspecified atom stereocenters. The van der Waals surface area contributed by atoms with Gasteiger partial charge in [0, 0.05) is 33.9 Å². The number of ether oxygens (including phenoxy) is 1. The smallest absolute Gasteiger partial charge is 0.261 e. The number of nitrogens with one attached hydrogen (secondary N) is 1. The molecule has 1 aliphatic rings. The van der Waals surface area contributed by atoms with Crippen LogP contribution in [-0.4, -0.2) is 33.1 Å². The summed E-state index contributed by atoms with van der Waals surface area (Å²) < 4.78 is 28.1. The zero-order valence-corrected chi connectivity index (χ0v) is 13.6. The molecule has 21 heavy (non-hydrogen) atoms. The SMILES string of the molecule is CCOC1CC(NC(=O)c2cc(Cl)cc(S(=O)(=O)Cl)c2)C1. The highest BCUT2D eigenvalue weighted by atomic mass is 35.7. The van der Waals surface area contributed by atoms with Gasteiger partial charge in [-0.25, -0.2) is 8.42 Å². The Balaban J connectivity index is 2.05. The van der Waals surface area contributed by atoms with Gasteiger partial charge in [0.1, 0.15) is 0 Å². The van der Waals surface area contributed by atoms with Crippen LogP contribution in [0.4, 0.5) is 0 Å². The van der Waals surface area contributed by atoms with E-state index in [0.29, 0.717) is 6.61 Å². The normalized spacial score (nSPS) is 21.7. The summed E-state index contributed by atoms with van der Waals surface area (Å²) in [6.45, 7) is 2.57. The molecule has 1 N–H and O–H groups in total. The lowest BCUT2D eigenvalue weighted by Gasteiger charge is -2.35. The third-order valence-corrected chi connectivity index (χ3v) is 4.80. The molecule has 2 rings (SSSR count). The van der Waals surface area contributed by atoms with E-state index in [1.54, 1.807) is 0 Å². The van der Waals surface area contributed by atoms with Crippen molar-refractivity contribution in [2.45, 2.75) is 36.8 Å². The van der Waals surface area contributed by atoms with Crippen molar-refractivity contribution >= 4 is 37.2 Å². The third-order valence-electron chi connectivity index (χ3n) is 3.25. The zero-order valence-electron chi connectivity index (χ0n) is 11.3. The van der Waals surface area contributed by atoms with Crippen LogP contribution >= 0.6 is 22.3 Å². The Morgan fingerprint density at radius 2 is 2.05 bits per heavy atom. The fraction of sp³-hybridized carbons (Fsp3) is 0.462. The van der Waals surface area contributed by atoms with Crippen molar-refractivity contribution in [3.63, 3.8) is 0 Å². The average molecular weight is 352 g/mol. The summed E-state index contributed by atoms with van der Waals surface area (Å²) in [4.78, 5) is 11.9. The number of amides is 1. The van der Waals surface area contributed by atoms with Crippen LogP contribution in [0.25, 0.3) is 0 Å². The molecule has 1 aliphatic carbocycles. The van der Waals surface area contributed by atoms with E-state index in [1.165, 1.54) is 18.2 Å². The number of carbonyl (C=O) groups excluding carboxylic acids is 1. The zero-order chi connectivity index (χ0) is 15.6. The molecule has 1 amide bonds. The summed E-state index contributed by atoms with van der Waals surface area (Å²) in [6, 6.07) is 3.85. The molecule has 0 heterocycles. The van der Waals surface area contributed by atoms with E-state index in [-0.39, 0.29) is 33.5 Å². The number of benzene rings is 1. The van der Waals surface area contributed by atoms with Crippen molar-refractivity contribution in [2.75, 3.05) is 6.61 Å². The first kappa shape index (κ1) is 16.5. The van der Waals surface area contributed by atoms with E-state index < -0.39 is 9.05 Å². The van der Waals surface area contributed by atoms with Gasteiger partial charge < -0.3 is 10.1 Å². The largest absolute Gasteiger partial charge is 0.378 e. The molecular formula is C13H15Cl2NO4S. The van der Waals surface area contributed by atoms with E-state index in [4.69, 9.17) is 27.0 Å². The standard InChI is InChI=1S/C13H15Cl2NO4S/c1-2-20-11-6-10(7-11)16-13(17)8-3-9(14)5-12(4-8)21(15,18)19/h3-5,10-11H,2,6-7H2,1H3,(H,16,17). The molecule has 0 atom stereocenters. The molecule has 1 aromatic rings. The molecule has 1 aromatic carbocycles. The van der Waals surface area contributed by atoms with Gasteiger partial charge in [0.2, 0.25) is 0 Å². The van der Waals surface area contributed by atoms with Gasteiger partial charge in [-0.3, -0.25) is 4.79 Å². The highest BCUT2D eigenvalue weighted by Crippen LogP contribution is 2.25. The van der Waals surface area contributed by atoms with Crippen molar-refractivity contribution in [2.24, 2.45) is 0 Å². The lowest BCUT2D eigenvalue weighted by molar-refractivity contribution is -0.00862. The Hall–Kier alpha value is -0.820. The van der Waals surface area contributed by atoms with E-state index in [1.807, 2.05) is 6.92 Å². The van der Waals surface area contributed by atoms with Crippen molar-refractivity contribution in [3.8, 4) is 0 Å². The average Bonchev–Trinajstić information content (AvgIpc) is 2.34. The van der Waals surface area contributed by atoms with Gasteiger partial charge in [-0.05, 0) is 38.0 Å². The number of hydrogen-bond acceptors (Lipinski definition) is 4. The maximum atomic E-state index is 12.1. The first-order valence-corrected chi connectivity index (χ1v) is 9.16. The summed E-state index contributed by atoms with van der Waals surface area (Å²) in [5.41, 5.74) is 0.168. The molecule has 0 spiro atoms. The van der Waals surface area contributed by atoms with Crippen LogP contribution < -0.4 is 5.32 Å². The first-order chi connectivity index (χ1) is 9.79. The van der Waals surface area contributed by atoms with Gasteiger partial charge in [-0.1, -0.05) is 11.6 Å². The topological polar surface area (TPSA) is 72.5 Å². The van der Waals surface area contributed by atoms with Crippen LogP contribution in [0.3, 0.4) is 0 Å². The maximum absolute atomic E-state index is 12.1. The summed E-state index contributed by atoms with van der Waals surface area (Å²) in [5.74, 6) is -0.376. The number of hydrogen-bond donors (Lipinski definition) is 1. The van der Waals surface area contributed by atoms with Gasteiger partial charge in [0.05, 0.1) is 11.0 Å². The van der Waals surface area contributed by atoms with Gasteiger partial charge in [0.15, 0.2) is 0 Å². The second-order valence-corrected chi connectivity index (χ2v) is 7.83. The molecule has 1 saturated carbocycles. The van der Waals surface area contributed by atoms with Gasteiger partial charge in [-0.2, -0.15) is 0 Å². The lowest BCUT2D eigenvalue weighted by atomic mass is 9.89. The molecule has 0 bridgehead atoms. The molecule has 0 radical (unpaired) electrons. The third kappa shape index (κ3) is 4.32. The van der Waals surface area contributed by atoms with Crippen LogP contribution in [0.2, 0.25) is 5.02 Å². The lowest BCUT2D eigenvalue weighted by Crippen LogP contribution is -2.47. The Bertz CT molecular complexity index is 642. The molecule has 0 saturated heterocycles. The molecule has 0 aliphatic heterocycles. The van der Waals surface area contributed by atoms with Gasteiger partial charge in [-0.15, -0.1) is 0 Å². The molecule has 1 fully saturated rings. The fourth-order valence-corrected chi connectivity index (χ4v) is 3.26. The van der Waals surface area contributed by atoms with Crippen molar-refractivity contribution < 1.29 is 17.9 Å². The maximum Gasteiger partial charge on any atom is 0.261 e. The van der Waals surface area contributed by atoms with E-state index in [0.717, 1.165) is 12.8 Å². The second kappa shape index (κ2) is 6.52. The summed E-state index contributed by atoms with van der Waals surface area (Å²) in [6.07, 6.45) is 1.68. The summed E-state index contributed by atoms with van der Waals surface area (Å²) >= 11 is 5.83. The predicted molar refractivity (Wildman–Crippen MR) is 80.4 cm³/mol. The van der Waals surface area contributed by atoms with Crippen LogP contribution in [0.15, 0.2) is 23.1 Å². The van der Waals surface area contributed by atoms with Crippen molar-refractivity contribution in [1.29, 1.82) is 0 Å². The highest BCUT2D eigenvalue weighted by Gasteiger charge is 2.31. The molecule has 5 nitrogen and oxygen atoms in total. The van der Waals surface area contributed by atoms with Crippen molar-refractivity contribution in [1.82, 2.24) is 5.32 Å². The van der Waals surface area contributed by atoms with Gasteiger partial charge >= 0.3 is 0 Å². The Labute approximate surface area is 133 Å². The van der Waals surface area contributed by atoms with Crippen molar-refractivity contribution in [3.05, 3.63) is 28.8 Å². The molecule has 0 aromatic heterocycles. The van der Waals surface area contributed by atoms with E-state index in [2.05, 4.69) is 5.32 Å². The molecule has 116 valence electrons. The van der Waals surface area contributed by atoms with E-state index >= 15 is 0 Å². The molecule has 8 heteroatoms. The number of carbonyl (C=O) groups is 1. The predicted octanol–water partition coefficient (Wildman–Crippen LogP) is 2.56. The fourth-order valence-electron chi connectivity index (χ4n) is 2.16. The number of halogens is 2. The second-order valence-electron chi connectivity index (χ2n) is 4.83. The monoisotopic (exact) mass is 351 g/mol. The summed E-state index contributed by atoms with van der Waals surface area (Å²) in [7, 11) is 1.34. The minimum atomic E-state index is -3.93. The number of rotatable bonds is 5. The van der Waals surface area contributed by atoms with E-state index in [9.17, 15) is 13.2 Å². The van der Waals surface area contributed by atoms with Crippen LogP contribution in [-0.2, 0) is 13.8 Å². The first-order valence-electron chi connectivity index (χ1n) is 6.47. The van der Waals surface area contributed by atoms with Crippen LogP contribution in [0, 0.1) is 0 Å². The Morgan fingerprint density at radius 1 is 1.38 bits per heavy atom. The Kier molecular flexibility index (Phi) is 5.14. The highest BCUT2D eigenvalue weighted by molar-refractivity contribution is 8.13. The van der Waals surface area contributed by atoms with Gasteiger partial charge in [0.25, 0.3) is 15.0 Å².